The fraction of sp³-hybridized carbons (Fsp3) is 0.316. The standard InChI is InChI=1S/C38H40O2Si2/c1-7-41(8-2,9-3)23-21-27-13-15-29-31-17-19-34-33(37(31)39-35(29)25-27)20-18-32-30-16-14-28(26-36(30)40-38(32)34)22-24-42(10-4,11-5)12-6/h13-20,25-26H,7-12H2,1-6H3. The molecule has 0 N–H and O–H groups in total. The van der Waals surface area contributed by atoms with Crippen LogP contribution in [0.1, 0.15) is 52.7 Å². The van der Waals surface area contributed by atoms with Crippen molar-refractivity contribution < 1.29 is 8.83 Å². The minimum atomic E-state index is -1.51. The summed E-state index contributed by atoms with van der Waals surface area (Å²) < 4.78 is 13.1. The quantitative estimate of drug-likeness (QED) is 0.144. The van der Waals surface area contributed by atoms with Crippen LogP contribution < -0.4 is 0 Å². The molecule has 212 valence electrons. The van der Waals surface area contributed by atoms with E-state index >= 15 is 0 Å². The lowest BCUT2D eigenvalue weighted by Gasteiger charge is -2.19. The molecule has 0 spiro atoms. The number of benzene rings is 4. The van der Waals surface area contributed by atoms with Crippen molar-refractivity contribution in [2.45, 2.75) is 77.8 Å². The van der Waals surface area contributed by atoms with Gasteiger partial charge in [0.05, 0.1) is 0 Å². The van der Waals surface area contributed by atoms with Gasteiger partial charge in [-0.1, -0.05) is 53.4 Å². The molecule has 4 aromatic carbocycles. The summed E-state index contributed by atoms with van der Waals surface area (Å²) in [5.74, 6) is 7.02. The van der Waals surface area contributed by atoms with Crippen molar-refractivity contribution in [3.05, 3.63) is 71.8 Å². The van der Waals surface area contributed by atoms with Crippen molar-refractivity contribution in [2.24, 2.45) is 0 Å². The van der Waals surface area contributed by atoms with Gasteiger partial charge >= 0.3 is 0 Å². The molecule has 42 heavy (non-hydrogen) atoms. The van der Waals surface area contributed by atoms with Crippen molar-refractivity contribution in [1.82, 2.24) is 0 Å². The molecule has 6 aromatic rings. The fourth-order valence-corrected chi connectivity index (χ4v) is 11.3. The predicted octanol–water partition coefficient (Wildman–Crippen LogP) is 11.4. The Labute approximate surface area is 251 Å². The van der Waals surface area contributed by atoms with Gasteiger partial charge in [-0.15, -0.1) is 11.1 Å². The summed E-state index contributed by atoms with van der Waals surface area (Å²) in [6.07, 6.45) is 0. The first-order valence-electron chi connectivity index (χ1n) is 15.7. The van der Waals surface area contributed by atoms with Crippen LogP contribution in [-0.2, 0) is 0 Å². The molecule has 2 nitrogen and oxygen atoms in total. The van der Waals surface area contributed by atoms with Gasteiger partial charge in [0.15, 0.2) is 0 Å². The minimum absolute atomic E-state index is 0.889. The van der Waals surface area contributed by atoms with E-state index in [-0.39, 0.29) is 0 Å². The molecule has 0 fully saturated rings. The van der Waals surface area contributed by atoms with Crippen molar-refractivity contribution in [3.8, 4) is 22.9 Å². The zero-order valence-corrected chi connectivity index (χ0v) is 27.8. The number of hydrogen-bond acceptors (Lipinski definition) is 2. The summed E-state index contributed by atoms with van der Waals surface area (Å²) in [6, 6.07) is 28.8. The zero-order valence-electron chi connectivity index (χ0n) is 25.8. The zero-order chi connectivity index (χ0) is 29.5. The molecule has 0 atom stereocenters. The van der Waals surface area contributed by atoms with Crippen LogP contribution in [0.4, 0.5) is 0 Å². The average molecular weight is 585 g/mol. The molecule has 0 amide bonds. The lowest BCUT2D eigenvalue weighted by atomic mass is 10.0. The second kappa shape index (κ2) is 11.2. The molecule has 2 aromatic heterocycles. The third-order valence-electron chi connectivity index (χ3n) is 10.1. The van der Waals surface area contributed by atoms with Crippen molar-refractivity contribution >= 4 is 70.8 Å². The predicted molar refractivity (Wildman–Crippen MR) is 187 cm³/mol. The highest BCUT2D eigenvalue weighted by atomic mass is 28.3. The van der Waals surface area contributed by atoms with Crippen LogP contribution >= 0.6 is 0 Å². The van der Waals surface area contributed by atoms with E-state index in [1.54, 1.807) is 0 Å². The normalized spacial score (nSPS) is 12.2. The van der Waals surface area contributed by atoms with Crippen molar-refractivity contribution in [1.29, 1.82) is 0 Å². The highest BCUT2D eigenvalue weighted by Gasteiger charge is 2.25. The molecule has 6 rings (SSSR count). The first-order valence-corrected chi connectivity index (χ1v) is 21.0. The molecule has 0 aliphatic carbocycles. The third-order valence-corrected chi connectivity index (χ3v) is 19.5. The van der Waals surface area contributed by atoms with E-state index in [2.05, 4.69) is 125 Å². The number of furan rings is 2. The molecular formula is C38H40O2Si2. The summed E-state index contributed by atoms with van der Waals surface area (Å²) in [5, 5.41) is 6.64. The third kappa shape index (κ3) is 4.68. The Morgan fingerprint density at radius 2 is 0.762 bits per heavy atom. The summed E-state index contributed by atoms with van der Waals surface area (Å²) >= 11 is 0. The minimum Gasteiger partial charge on any atom is -0.455 e. The number of fused-ring (bicyclic) bond motifs is 9. The second-order valence-electron chi connectivity index (χ2n) is 11.8. The van der Waals surface area contributed by atoms with Gasteiger partial charge < -0.3 is 8.83 Å². The lowest BCUT2D eigenvalue weighted by Crippen LogP contribution is -2.29. The van der Waals surface area contributed by atoms with Gasteiger partial charge in [-0.3, -0.25) is 0 Å². The molecule has 0 radical (unpaired) electrons. The molecule has 0 saturated heterocycles. The molecule has 0 bridgehead atoms. The Kier molecular flexibility index (Phi) is 7.56. The van der Waals surface area contributed by atoms with Crippen LogP contribution in [0.2, 0.25) is 36.3 Å². The summed E-state index contributed by atoms with van der Waals surface area (Å²) in [5.41, 5.74) is 13.1. The summed E-state index contributed by atoms with van der Waals surface area (Å²) in [6.45, 7) is 13.8. The second-order valence-corrected chi connectivity index (χ2v) is 21.7. The average Bonchev–Trinajstić information content (AvgIpc) is 3.60. The molecule has 0 aliphatic rings. The SMILES string of the molecule is CC[Si](C#Cc1ccc2c(c1)oc1c2ccc2c1ccc1c3ccc(C#C[Si](CC)(CC)CC)cc3oc12)(CC)CC. The Morgan fingerprint density at radius 1 is 0.452 bits per heavy atom. The first-order chi connectivity index (χ1) is 20.4. The van der Waals surface area contributed by atoms with Gasteiger partial charge in [0.1, 0.15) is 38.5 Å². The summed E-state index contributed by atoms with van der Waals surface area (Å²) in [7, 11) is -3.01. The maximum atomic E-state index is 6.54. The van der Waals surface area contributed by atoms with Crippen LogP contribution in [0, 0.1) is 22.9 Å². The van der Waals surface area contributed by atoms with E-state index in [4.69, 9.17) is 8.83 Å². The van der Waals surface area contributed by atoms with Gasteiger partial charge in [0, 0.05) is 43.4 Å². The van der Waals surface area contributed by atoms with Gasteiger partial charge in [-0.25, -0.2) is 0 Å². The number of hydrogen-bond donors (Lipinski definition) is 0. The molecule has 0 saturated carbocycles. The highest BCUT2D eigenvalue weighted by molar-refractivity contribution is 6.87. The Balaban J connectivity index is 1.45. The fourth-order valence-electron chi connectivity index (χ4n) is 6.47. The molecule has 4 heteroatoms. The maximum Gasteiger partial charge on any atom is 0.143 e. The van der Waals surface area contributed by atoms with Crippen LogP contribution in [0.3, 0.4) is 0 Å². The van der Waals surface area contributed by atoms with Gasteiger partial charge in [-0.05, 0) is 96.9 Å². The maximum absolute atomic E-state index is 6.54. The van der Waals surface area contributed by atoms with Crippen LogP contribution in [0.25, 0.3) is 54.6 Å². The van der Waals surface area contributed by atoms with E-state index in [9.17, 15) is 0 Å². The Bertz CT molecular complexity index is 1910. The highest BCUT2D eigenvalue weighted by Crippen LogP contribution is 2.40. The Hall–Kier alpha value is -3.71. The topological polar surface area (TPSA) is 26.3 Å². The van der Waals surface area contributed by atoms with Gasteiger partial charge in [-0.2, -0.15) is 0 Å². The summed E-state index contributed by atoms with van der Waals surface area (Å²) in [4.78, 5) is 0. The first kappa shape index (κ1) is 28.4. The smallest absolute Gasteiger partial charge is 0.143 e. The molecule has 2 heterocycles. The largest absolute Gasteiger partial charge is 0.455 e. The number of rotatable bonds is 6. The van der Waals surface area contributed by atoms with Crippen molar-refractivity contribution in [2.75, 3.05) is 0 Å². The van der Waals surface area contributed by atoms with Crippen molar-refractivity contribution in [3.63, 3.8) is 0 Å². The van der Waals surface area contributed by atoms with Crippen LogP contribution in [-0.4, -0.2) is 16.1 Å². The Morgan fingerprint density at radius 3 is 1.10 bits per heavy atom. The van der Waals surface area contributed by atoms with Gasteiger partial charge in [0.2, 0.25) is 0 Å². The van der Waals surface area contributed by atoms with E-state index in [0.717, 1.165) is 65.8 Å². The van der Waals surface area contributed by atoms with Crippen LogP contribution in [0.15, 0.2) is 69.5 Å². The molecular weight excluding hydrogens is 545 g/mol. The monoisotopic (exact) mass is 584 g/mol. The van der Waals surface area contributed by atoms with E-state index < -0.39 is 16.1 Å². The van der Waals surface area contributed by atoms with E-state index in [1.165, 1.54) is 36.3 Å². The van der Waals surface area contributed by atoms with E-state index in [0.29, 0.717) is 0 Å². The molecule has 0 aliphatic heterocycles. The molecule has 0 unspecified atom stereocenters. The van der Waals surface area contributed by atoms with Gasteiger partial charge in [0.25, 0.3) is 0 Å². The van der Waals surface area contributed by atoms with E-state index in [1.807, 2.05) is 0 Å². The lowest BCUT2D eigenvalue weighted by molar-refractivity contribution is 0.669. The van der Waals surface area contributed by atoms with Crippen LogP contribution in [0.5, 0.6) is 0 Å².